The van der Waals surface area contributed by atoms with Gasteiger partial charge in [0.05, 0.1) is 18.3 Å². The zero-order valence-electron chi connectivity index (χ0n) is 14.6. The number of aromatic nitrogens is 2. The third-order valence-corrected chi connectivity index (χ3v) is 3.93. The lowest BCUT2D eigenvalue weighted by atomic mass is 9.86. The van der Waals surface area contributed by atoms with Gasteiger partial charge in [-0.05, 0) is 29.5 Å². The van der Waals surface area contributed by atoms with E-state index in [1.807, 2.05) is 13.0 Å². The van der Waals surface area contributed by atoms with Gasteiger partial charge in [-0.2, -0.15) is 5.10 Å². The molecule has 0 aliphatic rings. The molecular formula is C18H26N4O. The van der Waals surface area contributed by atoms with Gasteiger partial charge in [0.1, 0.15) is 0 Å². The lowest BCUT2D eigenvalue weighted by molar-refractivity contribution is 0.203. The fourth-order valence-electron chi connectivity index (χ4n) is 2.35. The molecule has 0 saturated carbocycles. The van der Waals surface area contributed by atoms with Gasteiger partial charge in [0.2, 0.25) is 0 Å². The van der Waals surface area contributed by atoms with Crippen LogP contribution >= 0.6 is 0 Å². The van der Waals surface area contributed by atoms with Crippen LogP contribution in [0.15, 0.2) is 36.5 Å². The first kappa shape index (κ1) is 17.1. The van der Waals surface area contributed by atoms with Gasteiger partial charge in [-0.15, -0.1) is 0 Å². The summed E-state index contributed by atoms with van der Waals surface area (Å²) in [5.41, 5.74) is 3.43. The molecule has 5 nitrogen and oxygen atoms in total. The maximum Gasteiger partial charge on any atom is 0.317 e. The maximum absolute atomic E-state index is 12.3. The Labute approximate surface area is 138 Å². The summed E-state index contributed by atoms with van der Waals surface area (Å²) in [5, 5.41) is 9.76. The van der Waals surface area contributed by atoms with Crippen molar-refractivity contribution in [2.24, 2.45) is 0 Å². The van der Waals surface area contributed by atoms with Crippen LogP contribution in [0.25, 0.3) is 0 Å². The number of H-pyrrole nitrogens is 1. The molecule has 0 aliphatic carbocycles. The summed E-state index contributed by atoms with van der Waals surface area (Å²) in [7, 11) is 1.77. The molecule has 5 heteroatoms. The van der Waals surface area contributed by atoms with Crippen LogP contribution in [0, 0.1) is 0 Å². The summed E-state index contributed by atoms with van der Waals surface area (Å²) in [5.74, 6) is 0. The molecule has 0 radical (unpaired) electrons. The van der Waals surface area contributed by atoms with Crippen molar-refractivity contribution in [2.45, 2.75) is 45.7 Å². The molecule has 0 bridgehead atoms. The fourth-order valence-corrected chi connectivity index (χ4v) is 2.35. The lowest BCUT2D eigenvalue weighted by Gasteiger charge is -2.23. The van der Waals surface area contributed by atoms with Crippen molar-refractivity contribution in [1.82, 2.24) is 20.4 Å². The normalized spacial score (nSPS) is 12.7. The van der Waals surface area contributed by atoms with E-state index in [2.05, 4.69) is 60.6 Å². The summed E-state index contributed by atoms with van der Waals surface area (Å²) >= 11 is 0. The average molecular weight is 314 g/mol. The van der Waals surface area contributed by atoms with Gasteiger partial charge in [-0.3, -0.25) is 5.10 Å². The monoisotopic (exact) mass is 314 g/mol. The minimum Gasteiger partial charge on any atom is -0.331 e. The molecule has 2 N–H and O–H groups in total. The Morgan fingerprint density at radius 2 is 1.91 bits per heavy atom. The van der Waals surface area contributed by atoms with Crippen LogP contribution in [0.1, 0.15) is 50.6 Å². The predicted octanol–water partition coefficient (Wildman–Crippen LogP) is 3.61. The van der Waals surface area contributed by atoms with Crippen LogP contribution in [0.4, 0.5) is 4.79 Å². The van der Waals surface area contributed by atoms with Crippen molar-refractivity contribution in [2.75, 3.05) is 7.05 Å². The summed E-state index contributed by atoms with van der Waals surface area (Å²) in [6.07, 6.45) is 1.68. The van der Waals surface area contributed by atoms with Gasteiger partial charge in [0.25, 0.3) is 0 Å². The highest BCUT2D eigenvalue weighted by atomic mass is 16.2. The van der Waals surface area contributed by atoms with Gasteiger partial charge in [-0.1, -0.05) is 45.0 Å². The second-order valence-electron chi connectivity index (χ2n) is 6.98. The van der Waals surface area contributed by atoms with E-state index in [0.29, 0.717) is 6.54 Å². The largest absolute Gasteiger partial charge is 0.331 e. The first-order valence-electron chi connectivity index (χ1n) is 7.87. The Balaban J connectivity index is 1.95. The smallest absolute Gasteiger partial charge is 0.317 e. The molecule has 0 fully saturated rings. The molecule has 0 unspecified atom stereocenters. The molecule has 2 aromatic rings. The highest BCUT2D eigenvalue weighted by Crippen LogP contribution is 2.23. The van der Waals surface area contributed by atoms with Gasteiger partial charge < -0.3 is 10.2 Å². The van der Waals surface area contributed by atoms with E-state index >= 15 is 0 Å². The third-order valence-electron chi connectivity index (χ3n) is 3.93. The number of carbonyl (C=O) groups is 1. The van der Waals surface area contributed by atoms with Crippen LogP contribution in [0.2, 0.25) is 0 Å². The van der Waals surface area contributed by atoms with Gasteiger partial charge in [0.15, 0.2) is 0 Å². The summed E-state index contributed by atoms with van der Waals surface area (Å²) in [6.45, 7) is 9.07. The van der Waals surface area contributed by atoms with E-state index in [1.54, 1.807) is 18.1 Å². The number of amides is 2. The van der Waals surface area contributed by atoms with Gasteiger partial charge >= 0.3 is 6.03 Å². The molecule has 2 amide bonds. The quantitative estimate of drug-likeness (QED) is 0.905. The minimum absolute atomic E-state index is 0.0410. The van der Waals surface area contributed by atoms with Crippen LogP contribution in [0.5, 0.6) is 0 Å². The molecule has 2 rings (SSSR count). The topological polar surface area (TPSA) is 61.0 Å². The fraction of sp³-hybridized carbons (Fsp3) is 0.444. The van der Waals surface area contributed by atoms with Crippen molar-refractivity contribution < 1.29 is 4.79 Å². The highest BCUT2D eigenvalue weighted by molar-refractivity contribution is 5.74. The van der Waals surface area contributed by atoms with Gasteiger partial charge in [0, 0.05) is 13.2 Å². The number of aromatic amines is 1. The molecular weight excluding hydrogens is 288 g/mol. The molecule has 1 aromatic heterocycles. The predicted molar refractivity (Wildman–Crippen MR) is 92.1 cm³/mol. The first-order valence-corrected chi connectivity index (χ1v) is 7.87. The van der Waals surface area contributed by atoms with E-state index in [0.717, 1.165) is 11.3 Å². The Morgan fingerprint density at radius 3 is 2.43 bits per heavy atom. The van der Waals surface area contributed by atoms with Crippen molar-refractivity contribution in [1.29, 1.82) is 0 Å². The zero-order chi connectivity index (χ0) is 17.0. The van der Waals surface area contributed by atoms with E-state index in [4.69, 9.17) is 0 Å². The molecule has 23 heavy (non-hydrogen) atoms. The van der Waals surface area contributed by atoms with Crippen LogP contribution in [0.3, 0.4) is 0 Å². The number of rotatable bonds is 4. The van der Waals surface area contributed by atoms with Crippen molar-refractivity contribution in [3.8, 4) is 0 Å². The number of benzene rings is 1. The van der Waals surface area contributed by atoms with E-state index < -0.39 is 0 Å². The number of hydrogen-bond donors (Lipinski definition) is 2. The van der Waals surface area contributed by atoms with E-state index in [9.17, 15) is 4.79 Å². The summed E-state index contributed by atoms with van der Waals surface area (Å²) in [4.78, 5) is 13.9. The molecule has 1 aromatic carbocycles. The SMILES string of the molecule is C[C@H](NC(=O)N(C)Cc1ccn[nH]1)c1ccc(C(C)(C)C)cc1. The first-order chi connectivity index (χ1) is 10.8. The second-order valence-corrected chi connectivity index (χ2v) is 6.98. The Hall–Kier alpha value is -2.30. The van der Waals surface area contributed by atoms with Crippen LogP contribution in [-0.4, -0.2) is 28.2 Å². The highest BCUT2D eigenvalue weighted by Gasteiger charge is 2.16. The number of carbonyl (C=O) groups excluding carboxylic acids is 1. The van der Waals surface area contributed by atoms with Crippen LogP contribution in [-0.2, 0) is 12.0 Å². The molecule has 0 aliphatic heterocycles. The lowest BCUT2D eigenvalue weighted by Crippen LogP contribution is -2.38. The van der Waals surface area contributed by atoms with Crippen molar-refractivity contribution >= 4 is 6.03 Å². The molecule has 124 valence electrons. The molecule has 1 atom stereocenters. The molecule has 1 heterocycles. The third kappa shape index (κ3) is 4.58. The molecule has 0 saturated heterocycles. The second kappa shape index (κ2) is 6.86. The zero-order valence-corrected chi connectivity index (χ0v) is 14.6. The Morgan fingerprint density at radius 1 is 1.26 bits per heavy atom. The number of hydrogen-bond acceptors (Lipinski definition) is 2. The van der Waals surface area contributed by atoms with Gasteiger partial charge in [-0.25, -0.2) is 4.79 Å². The number of nitrogens with one attached hydrogen (secondary N) is 2. The number of nitrogens with zero attached hydrogens (tertiary/aromatic N) is 2. The Bertz CT molecular complexity index is 626. The summed E-state index contributed by atoms with van der Waals surface area (Å²) < 4.78 is 0. The molecule has 0 spiro atoms. The van der Waals surface area contributed by atoms with E-state index in [1.165, 1.54) is 5.56 Å². The average Bonchev–Trinajstić information content (AvgIpc) is 2.99. The standard InChI is InChI=1S/C18H26N4O/c1-13(14-6-8-15(9-7-14)18(2,3)4)20-17(23)22(5)12-16-10-11-19-21-16/h6-11,13H,12H2,1-5H3,(H,19,21)(H,20,23)/t13-/m0/s1. The van der Waals surface area contributed by atoms with Crippen molar-refractivity contribution in [3.63, 3.8) is 0 Å². The Kier molecular flexibility index (Phi) is 5.08. The summed E-state index contributed by atoms with van der Waals surface area (Å²) in [6, 6.07) is 10.1. The van der Waals surface area contributed by atoms with E-state index in [-0.39, 0.29) is 17.5 Å². The number of urea groups is 1. The minimum atomic E-state index is -0.105. The van der Waals surface area contributed by atoms with Crippen LogP contribution < -0.4 is 5.32 Å². The van der Waals surface area contributed by atoms with Crippen molar-refractivity contribution in [3.05, 3.63) is 53.3 Å². The maximum atomic E-state index is 12.3.